The lowest BCUT2D eigenvalue weighted by molar-refractivity contribution is -0.902. The number of likely N-dealkylation sites (N-methyl/N-ethyl adjacent to an activating group) is 1. The van der Waals surface area contributed by atoms with Crippen LogP contribution in [0.15, 0.2) is 46.6 Å². The second-order valence-corrected chi connectivity index (χ2v) is 9.44. The molecule has 1 N–H and O–H groups in total. The van der Waals surface area contributed by atoms with Crippen molar-refractivity contribution in [3.8, 4) is 11.8 Å². The van der Waals surface area contributed by atoms with Gasteiger partial charge in [-0.25, -0.2) is 4.39 Å². The molecule has 1 aliphatic rings. The number of benzene rings is 1. The second-order valence-electron chi connectivity index (χ2n) is 7.43. The Hall–Kier alpha value is -3.06. The predicted octanol–water partition coefficient (Wildman–Crippen LogP) is 0.350. The molecule has 32 heavy (non-hydrogen) atoms. The molecule has 1 aliphatic heterocycles. The van der Waals surface area contributed by atoms with Crippen molar-refractivity contribution in [3.63, 3.8) is 0 Å². The van der Waals surface area contributed by atoms with Crippen molar-refractivity contribution in [2.75, 3.05) is 32.7 Å². The quantitative estimate of drug-likeness (QED) is 0.600. The number of thiophene rings is 1. The highest BCUT2D eigenvalue weighted by molar-refractivity contribution is 7.11. The number of amides is 1. The topological polar surface area (TPSA) is 70.5 Å². The van der Waals surface area contributed by atoms with Crippen LogP contribution >= 0.6 is 22.7 Å². The van der Waals surface area contributed by atoms with Gasteiger partial charge in [-0.1, -0.05) is 6.07 Å². The van der Waals surface area contributed by atoms with Gasteiger partial charge in [0.15, 0.2) is 5.57 Å². The van der Waals surface area contributed by atoms with E-state index in [0.717, 1.165) is 35.8 Å². The number of halogens is 1. The van der Waals surface area contributed by atoms with Gasteiger partial charge in [0, 0.05) is 4.88 Å². The number of piperazine rings is 1. The number of hydrogen-bond acceptors (Lipinski definition) is 5. The average molecular weight is 470 g/mol. The number of quaternary nitrogens is 1. The number of thiazole rings is 1. The number of carbonyl (C=O) groups excluding carboxylic acids is 1. The zero-order valence-electron chi connectivity index (χ0n) is 17.5. The van der Waals surface area contributed by atoms with Gasteiger partial charge >= 0.3 is 0 Å². The summed E-state index contributed by atoms with van der Waals surface area (Å²) in [5.74, 6) is -0.803. The van der Waals surface area contributed by atoms with E-state index in [0.29, 0.717) is 23.3 Å². The number of carbonyl (C=O) groups is 1. The zero-order chi connectivity index (χ0) is 22.7. The van der Waals surface area contributed by atoms with E-state index in [4.69, 9.17) is 0 Å². The number of nitriles is 1. The first-order valence-corrected chi connectivity index (χ1v) is 12.0. The van der Waals surface area contributed by atoms with E-state index in [-0.39, 0.29) is 21.7 Å². The van der Waals surface area contributed by atoms with Crippen LogP contribution in [0.2, 0.25) is 0 Å². The Bertz CT molecular complexity index is 1330. The van der Waals surface area contributed by atoms with Crippen LogP contribution in [-0.4, -0.2) is 48.1 Å². The molecule has 0 radical (unpaired) electrons. The monoisotopic (exact) mass is 469 g/mol. The van der Waals surface area contributed by atoms with Crippen molar-refractivity contribution in [1.82, 2.24) is 9.47 Å². The van der Waals surface area contributed by atoms with Crippen molar-refractivity contribution in [2.24, 2.45) is 0 Å². The summed E-state index contributed by atoms with van der Waals surface area (Å²) in [6.07, 6.45) is 1.75. The molecule has 0 atom stereocenters. The van der Waals surface area contributed by atoms with Gasteiger partial charge in [-0.05, 0) is 48.7 Å². The molecule has 9 heteroatoms. The van der Waals surface area contributed by atoms with Gasteiger partial charge in [0.2, 0.25) is 0 Å². The normalized spacial score (nSPS) is 16.2. The molecule has 2 aromatic heterocycles. The van der Waals surface area contributed by atoms with Crippen LogP contribution in [0.4, 0.5) is 4.39 Å². The number of hydrogen-bond donors (Lipinski definition) is 1. The zero-order valence-corrected chi connectivity index (χ0v) is 19.1. The molecule has 0 bridgehead atoms. The van der Waals surface area contributed by atoms with Crippen LogP contribution in [0.1, 0.15) is 11.8 Å². The summed E-state index contributed by atoms with van der Waals surface area (Å²) in [6.45, 7) is 5.88. The van der Waals surface area contributed by atoms with E-state index in [9.17, 15) is 19.2 Å². The molecular formula is C23H22FN4O2S2+. The molecule has 1 saturated heterocycles. The Morgan fingerprint density at radius 1 is 1.25 bits per heavy atom. The molecule has 0 saturated carbocycles. The number of rotatable bonds is 4. The third-order valence-corrected chi connectivity index (χ3v) is 7.43. The summed E-state index contributed by atoms with van der Waals surface area (Å²) in [5.41, 5.74) is 0.00212. The smallest absolute Gasteiger partial charge is 0.273 e. The first kappa shape index (κ1) is 22.1. The summed E-state index contributed by atoms with van der Waals surface area (Å²) in [6, 6.07) is 11.3. The number of nitrogens with one attached hydrogen (secondary N) is 1. The molecule has 1 fully saturated rings. The van der Waals surface area contributed by atoms with Gasteiger partial charge in [0.05, 0.1) is 42.9 Å². The Labute approximate surface area is 192 Å². The molecule has 3 aromatic rings. The summed E-state index contributed by atoms with van der Waals surface area (Å²) in [4.78, 5) is 30.6. The third kappa shape index (κ3) is 4.43. The Morgan fingerprint density at radius 3 is 2.56 bits per heavy atom. The molecule has 1 aromatic carbocycles. The van der Waals surface area contributed by atoms with Gasteiger partial charge in [-0.3, -0.25) is 14.2 Å². The van der Waals surface area contributed by atoms with E-state index in [1.54, 1.807) is 11.0 Å². The molecule has 0 spiro atoms. The third-order valence-electron chi connectivity index (χ3n) is 5.52. The minimum absolute atomic E-state index is 0.0674. The fraction of sp³-hybridized carbons (Fsp3) is 0.261. The summed E-state index contributed by atoms with van der Waals surface area (Å²) >= 11 is 2.60. The molecule has 1 amide bonds. The van der Waals surface area contributed by atoms with Crippen molar-refractivity contribution < 1.29 is 14.1 Å². The standard InChI is InChI=1S/C23H21FN4O2S2/c1-2-26-9-11-27(12-10-26)21(29)19(15-25)23-28(17-7-5-16(24)6-8-17)22(30)20(32-23)14-18-4-3-13-31-18/h3-8,13-14H,2,9-12H2,1H3/p+1/b20-14-,23-19-. The molecule has 0 unspecified atom stereocenters. The molecule has 164 valence electrons. The van der Waals surface area contributed by atoms with Gasteiger partial charge < -0.3 is 9.80 Å². The molecular weight excluding hydrogens is 447 g/mol. The summed E-state index contributed by atoms with van der Waals surface area (Å²) in [5, 5.41) is 11.8. The maximum absolute atomic E-state index is 13.5. The van der Waals surface area contributed by atoms with Crippen LogP contribution in [0.25, 0.3) is 17.3 Å². The largest absolute Gasteiger partial charge is 0.332 e. The van der Waals surface area contributed by atoms with Crippen LogP contribution in [0.5, 0.6) is 0 Å². The van der Waals surface area contributed by atoms with E-state index in [1.807, 2.05) is 23.6 Å². The van der Waals surface area contributed by atoms with E-state index >= 15 is 0 Å². The maximum atomic E-state index is 13.5. The highest BCUT2D eigenvalue weighted by Gasteiger charge is 2.27. The summed E-state index contributed by atoms with van der Waals surface area (Å²) in [7, 11) is 0. The molecule has 6 nitrogen and oxygen atoms in total. The van der Waals surface area contributed by atoms with E-state index < -0.39 is 5.82 Å². The molecule has 0 aliphatic carbocycles. The van der Waals surface area contributed by atoms with Crippen molar-refractivity contribution >= 4 is 40.2 Å². The van der Waals surface area contributed by atoms with Crippen molar-refractivity contribution in [1.29, 1.82) is 5.26 Å². The van der Waals surface area contributed by atoms with Crippen LogP contribution < -0.4 is 19.7 Å². The minimum atomic E-state index is -0.430. The summed E-state index contributed by atoms with van der Waals surface area (Å²) < 4.78 is 15.5. The Morgan fingerprint density at radius 2 is 1.97 bits per heavy atom. The van der Waals surface area contributed by atoms with Crippen molar-refractivity contribution in [2.45, 2.75) is 6.92 Å². The highest BCUT2D eigenvalue weighted by atomic mass is 32.1. The fourth-order valence-corrected chi connectivity index (χ4v) is 5.52. The average Bonchev–Trinajstić information content (AvgIpc) is 3.44. The number of nitrogens with zero attached hydrogens (tertiary/aromatic N) is 3. The fourth-order valence-electron chi connectivity index (χ4n) is 3.70. The van der Waals surface area contributed by atoms with Gasteiger partial charge in [0.25, 0.3) is 11.5 Å². The van der Waals surface area contributed by atoms with E-state index in [1.165, 1.54) is 45.1 Å². The minimum Gasteiger partial charge on any atom is -0.332 e. The lowest BCUT2D eigenvalue weighted by atomic mass is 10.2. The maximum Gasteiger partial charge on any atom is 0.273 e. The van der Waals surface area contributed by atoms with Crippen LogP contribution in [0.3, 0.4) is 0 Å². The highest BCUT2D eigenvalue weighted by Crippen LogP contribution is 2.10. The molecule has 3 heterocycles. The van der Waals surface area contributed by atoms with Crippen LogP contribution in [0, 0.1) is 17.1 Å². The Kier molecular flexibility index (Phi) is 6.65. The van der Waals surface area contributed by atoms with Gasteiger partial charge in [-0.15, -0.1) is 22.7 Å². The van der Waals surface area contributed by atoms with Gasteiger partial charge in [-0.2, -0.15) is 5.26 Å². The lowest BCUT2D eigenvalue weighted by Gasteiger charge is -2.31. The van der Waals surface area contributed by atoms with Crippen molar-refractivity contribution in [3.05, 3.63) is 72.0 Å². The SMILES string of the molecule is CC[NH+]1CCN(C(=O)/C(C#N)=c2\s/c(=C\c3cccs3)c(=O)n2-c2ccc(F)cc2)CC1. The number of aromatic nitrogens is 1. The van der Waals surface area contributed by atoms with Gasteiger partial charge in [0.1, 0.15) is 16.5 Å². The first-order valence-electron chi connectivity index (χ1n) is 10.3. The Balaban J connectivity index is 1.90. The first-order chi connectivity index (χ1) is 15.5. The lowest BCUT2D eigenvalue weighted by Crippen LogP contribution is -3.14. The van der Waals surface area contributed by atoms with E-state index in [2.05, 4.69) is 6.92 Å². The van der Waals surface area contributed by atoms with Crippen LogP contribution in [-0.2, 0) is 4.79 Å². The second kappa shape index (κ2) is 9.61. The molecule has 4 rings (SSSR count). The predicted molar refractivity (Wildman–Crippen MR) is 124 cm³/mol.